The highest BCUT2D eigenvalue weighted by Crippen LogP contribution is 2.19. The Morgan fingerprint density at radius 3 is 2.88 bits per heavy atom. The summed E-state index contributed by atoms with van der Waals surface area (Å²) in [5.41, 5.74) is 1.66. The number of aromatic hydroxyl groups is 1. The van der Waals surface area contributed by atoms with Gasteiger partial charge in [0.1, 0.15) is 11.4 Å². The molecule has 4 heteroatoms. The molecule has 1 aromatic heterocycles. The van der Waals surface area contributed by atoms with Crippen molar-refractivity contribution in [1.82, 2.24) is 4.98 Å². The number of halogens is 1. The first-order valence-electron chi connectivity index (χ1n) is 5.17. The van der Waals surface area contributed by atoms with Crippen LogP contribution < -0.4 is 4.99 Å². The molecule has 2 rings (SSSR count). The second-order valence-electron chi connectivity index (χ2n) is 3.66. The summed E-state index contributed by atoms with van der Waals surface area (Å²) < 4.78 is 0.917. The van der Waals surface area contributed by atoms with E-state index >= 15 is 0 Å². The SMILES string of the molecule is Cc1cccc(/[NH+]=C/c2cc(Br)ccc2O)n1. The Bertz CT molecular complexity index is 567. The molecular formula is C13H12BrN2O+. The van der Waals surface area contributed by atoms with Crippen molar-refractivity contribution in [3.8, 4) is 5.75 Å². The Balaban J connectivity index is 2.29. The molecule has 0 aliphatic rings. The van der Waals surface area contributed by atoms with Gasteiger partial charge in [0.2, 0.25) is 0 Å². The number of hydrogen-bond donors (Lipinski definition) is 2. The number of nitrogens with one attached hydrogen (secondary N) is 1. The molecular weight excluding hydrogens is 280 g/mol. The van der Waals surface area contributed by atoms with Gasteiger partial charge in [0.15, 0.2) is 0 Å². The fourth-order valence-electron chi connectivity index (χ4n) is 1.42. The van der Waals surface area contributed by atoms with Gasteiger partial charge in [0.25, 0.3) is 0 Å². The minimum absolute atomic E-state index is 0.230. The quantitative estimate of drug-likeness (QED) is 0.828. The van der Waals surface area contributed by atoms with Gasteiger partial charge >= 0.3 is 5.82 Å². The fraction of sp³-hybridized carbons (Fsp3) is 0.0769. The minimum atomic E-state index is 0.230. The second-order valence-corrected chi connectivity index (χ2v) is 4.57. The van der Waals surface area contributed by atoms with E-state index in [1.165, 1.54) is 0 Å². The van der Waals surface area contributed by atoms with Crippen LogP contribution in [0.2, 0.25) is 0 Å². The van der Waals surface area contributed by atoms with Crippen LogP contribution in [0.15, 0.2) is 40.9 Å². The highest BCUT2D eigenvalue weighted by molar-refractivity contribution is 9.10. The van der Waals surface area contributed by atoms with Crippen LogP contribution in [-0.4, -0.2) is 16.3 Å². The summed E-state index contributed by atoms with van der Waals surface area (Å²) in [7, 11) is 0. The molecule has 0 radical (unpaired) electrons. The smallest absolute Gasteiger partial charge is 0.321 e. The Labute approximate surface area is 108 Å². The van der Waals surface area contributed by atoms with Gasteiger partial charge in [-0.05, 0) is 35.3 Å². The van der Waals surface area contributed by atoms with E-state index in [9.17, 15) is 5.11 Å². The van der Waals surface area contributed by atoms with Crippen molar-refractivity contribution in [3.05, 3.63) is 52.1 Å². The Morgan fingerprint density at radius 2 is 2.12 bits per heavy atom. The number of pyridine rings is 1. The summed E-state index contributed by atoms with van der Waals surface area (Å²) in [4.78, 5) is 7.36. The van der Waals surface area contributed by atoms with Crippen molar-refractivity contribution < 1.29 is 10.1 Å². The maximum absolute atomic E-state index is 9.66. The topological polar surface area (TPSA) is 47.1 Å². The first-order chi connectivity index (χ1) is 8.15. The third kappa shape index (κ3) is 3.14. The molecule has 0 unspecified atom stereocenters. The Hall–Kier alpha value is -1.68. The van der Waals surface area contributed by atoms with Gasteiger partial charge in [0, 0.05) is 17.5 Å². The van der Waals surface area contributed by atoms with E-state index < -0.39 is 0 Å². The molecule has 3 nitrogen and oxygen atoms in total. The summed E-state index contributed by atoms with van der Waals surface area (Å²) in [5.74, 6) is 0.984. The average Bonchev–Trinajstić information content (AvgIpc) is 2.30. The molecule has 0 aliphatic carbocycles. The summed E-state index contributed by atoms with van der Waals surface area (Å²) >= 11 is 3.36. The second kappa shape index (κ2) is 5.10. The number of hydrogen-bond acceptors (Lipinski definition) is 2. The number of phenolic OH excluding ortho intramolecular Hbond substituents is 1. The number of aromatic nitrogens is 1. The molecule has 0 amide bonds. The monoisotopic (exact) mass is 291 g/mol. The predicted octanol–water partition coefficient (Wildman–Crippen LogP) is 1.69. The number of phenols is 1. The molecule has 0 fully saturated rings. The third-order valence-electron chi connectivity index (χ3n) is 2.25. The van der Waals surface area contributed by atoms with Crippen LogP contribution in [-0.2, 0) is 0 Å². The number of nitrogens with zero attached hydrogens (tertiary/aromatic N) is 1. The number of aryl methyl sites for hydroxylation is 1. The van der Waals surface area contributed by atoms with Crippen LogP contribution in [0.3, 0.4) is 0 Å². The van der Waals surface area contributed by atoms with Crippen molar-refractivity contribution in [2.75, 3.05) is 0 Å². The normalized spacial score (nSPS) is 10.9. The van der Waals surface area contributed by atoms with Crippen LogP contribution in [0.4, 0.5) is 5.82 Å². The van der Waals surface area contributed by atoms with Gasteiger partial charge in [-0.2, -0.15) is 0 Å². The molecule has 17 heavy (non-hydrogen) atoms. The largest absolute Gasteiger partial charge is 0.507 e. The third-order valence-corrected chi connectivity index (χ3v) is 2.75. The van der Waals surface area contributed by atoms with Gasteiger partial charge in [-0.1, -0.05) is 15.9 Å². The Morgan fingerprint density at radius 1 is 1.29 bits per heavy atom. The van der Waals surface area contributed by atoms with E-state index in [1.54, 1.807) is 18.3 Å². The lowest BCUT2D eigenvalue weighted by molar-refractivity contribution is -0.352. The number of benzene rings is 1. The van der Waals surface area contributed by atoms with Crippen LogP contribution in [0.5, 0.6) is 5.75 Å². The molecule has 2 N–H and O–H groups in total. The fourth-order valence-corrected chi connectivity index (χ4v) is 1.79. The average molecular weight is 292 g/mol. The summed E-state index contributed by atoms with van der Waals surface area (Å²) in [6.45, 7) is 1.93. The molecule has 0 saturated carbocycles. The van der Waals surface area contributed by atoms with E-state index in [0.717, 1.165) is 16.0 Å². The molecule has 86 valence electrons. The lowest BCUT2D eigenvalue weighted by Crippen LogP contribution is -2.62. The summed E-state index contributed by atoms with van der Waals surface area (Å²) in [6, 6.07) is 11.0. The van der Waals surface area contributed by atoms with E-state index in [1.807, 2.05) is 31.2 Å². The molecule has 1 aromatic carbocycles. The lowest BCUT2D eigenvalue weighted by atomic mass is 10.2. The first-order valence-corrected chi connectivity index (χ1v) is 5.96. The zero-order chi connectivity index (χ0) is 12.3. The molecule has 0 bridgehead atoms. The molecule has 0 spiro atoms. The van der Waals surface area contributed by atoms with Gasteiger partial charge < -0.3 is 5.11 Å². The highest BCUT2D eigenvalue weighted by Gasteiger charge is 2.02. The Kier molecular flexibility index (Phi) is 3.54. The predicted molar refractivity (Wildman–Crippen MR) is 70.6 cm³/mol. The summed E-state index contributed by atoms with van der Waals surface area (Å²) in [6.07, 6.45) is 1.72. The maximum atomic E-state index is 9.66. The highest BCUT2D eigenvalue weighted by atomic mass is 79.9. The zero-order valence-electron chi connectivity index (χ0n) is 9.31. The van der Waals surface area contributed by atoms with Gasteiger partial charge in [-0.3, -0.25) is 0 Å². The van der Waals surface area contributed by atoms with E-state index in [2.05, 4.69) is 25.9 Å². The van der Waals surface area contributed by atoms with Gasteiger partial charge in [-0.15, -0.1) is 0 Å². The summed E-state index contributed by atoms with van der Waals surface area (Å²) in [5, 5.41) is 9.66. The van der Waals surface area contributed by atoms with Crippen molar-refractivity contribution in [1.29, 1.82) is 0 Å². The van der Waals surface area contributed by atoms with Gasteiger partial charge in [0.05, 0.1) is 11.8 Å². The first kappa shape index (κ1) is 11.8. The van der Waals surface area contributed by atoms with E-state index in [-0.39, 0.29) is 5.75 Å². The molecule has 0 aliphatic heterocycles. The molecule has 0 atom stereocenters. The zero-order valence-corrected chi connectivity index (χ0v) is 10.9. The van der Waals surface area contributed by atoms with E-state index in [4.69, 9.17) is 0 Å². The van der Waals surface area contributed by atoms with E-state index in [0.29, 0.717) is 5.56 Å². The van der Waals surface area contributed by atoms with Crippen molar-refractivity contribution in [2.24, 2.45) is 0 Å². The lowest BCUT2D eigenvalue weighted by Gasteiger charge is -1.97. The standard InChI is InChI=1S/C13H11BrN2O/c1-9-3-2-4-13(16-9)15-8-10-7-11(14)5-6-12(10)17/h2-8,17H,1H3/p+1/b15-8+. The minimum Gasteiger partial charge on any atom is -0.507 e. The molecule has 2 aromatic rings. The van der Waals surface area contributed by atoms with Crippen molar-refractivity contribution in [3.63, 3.8) is 0 Å². The van der Waals surface area contributed by atoms with Gasteiger partial charge in [-0.25, -0.2) is 4.99 Å². The van der Waals surface area contributed by atoms with Crippen LogP contribution >= 0.6 is 15.9 Å². The van der Waals surface area contributed by atoms with Crippen LogP contribution in [0, 0.1) is 6.92 Å². The molecule has 1 heterocycles. The number of rotatable bonds is 2. The van der Waals surface area contributed by atoms with Crippen molar-refractivity contribution in [2.45, 2.75) is 6.92 Å². The molecule has 0 saturated heterocycles. The van der Waals surface area contributed by atoms with Crippen LogP contribution in [0.1, 0.15) is 11.3 Å². The van der Waals surface area contributed by atoms with Crippen LogP contribution in [0.25, 0.3) is 0 Å². The maximum Gasteiger partial charge on any atom is 0.321 e. The van der Waals surface area contributed by atoms with Crippen molar-refractivity contribution >= 4 is 28.0 Å².